The average molecular weight is 523 g/mol. The number of para-hydroxylation sites is 1. The number of carbonyl (C=O) groups is 2. The third-order valence-electron chi connectivity index (χ3n) is 7.70. The Morgan fingerprint density at radius 1 is 1.21 bits per heavy atom. The summed E-state index contributed by atoms with van der Waals surface area (Å²) < 4.78 is 7.59. The lowest BCUT2D eigenvalue weighted by molar-refractivity contribution is -0.149. The Bertz CT molecular complexity index is 1410. The molecule has 2 aromatic heterocycles. The summed E-state index contributed by atoms with van der Waals surface area (Å²) in [7, 11) is 1.50. The topological polar surface area (TPSA) is 117 Å². The van der Waals surface area contributed by atoms with Crippen molar-refractivity contribution in [1.82, 2.24) is 19.8 Å². The molecule has 0 saturated carbocycles. The van der Waals surface area contributed by atoms with Crippen LogP contribution < -0.4 is 15.6 Å². The van der Waals surface area contributed by atoms with Crippen molar-refractivity contribution in [1.29, 1.82) is 0 Å². The molecule has 3 aromatic rings. The second kappa shape index (κ2) is 10.6. The number of ether oxygens (including phenoxy) is 1. The van der Waals surface area contributed by atoms with Gasteiger partial charge in [-0.2, -0.15) is 0 Å². The van der Waals surface area contributed by atoms with Gasteiger partial charge in [0.1, 0.15) is 11.4 Å². The number of hydrogen-bond acceptors (Lipinski definition) is 5. The van der Waals surface area contributed by atoms with E-state index in [4.69, 9.17) is 4.74 Å². The first-order valence-corrected chi connectivity index (χ1v) is 13.1. The highest BCUT2D eigenvalue weighted by atomic mass is 16.5. The number of H-pyrrole nitrogens is 1. The average Bonchev–Trinajstić information content (AvgIpc) is 3.17. The van der Waals surface area contributed by atoms with E-state index in [1.54, 1.807) is 17.9 Å². The molecule has 4 rings (SSSR count). The highest BCUT2D eigenvalue weighted by Crippen LogP contribution is 2.36. The molecule has 1 fully saturated rings. The van der Waals surface area contributed by atoms with Crippen LogP contribution in [-0.2, 0) is 11.3 Å². The van der Waals surface area contributed by atoms with Gasteiger partial charge >= 0.3 is 0 Å². The molecular formula is C29H38N4O5. The minimum atomic E-state index is -1.37. The van der Waals surface area contributed by atoms with Crippen molar-refractivity contribution in [3.8, 4) is 5.75 Å². The van der Waals surface area contributed by atoms with E-state index >= 15 is 0 Å². The number of nitrogens with one attached hydrogen (secondary N) is 2. The molecule has 1 saturated heterocycles. The monoisotopic (exact) mass is 522 g/mol. The Morgan fingerprint density at radius 2 is 1.87 bits per heavy atom. The number of hydrogen-bond donors (Lipinski definition) is 3. The summed E-state index contributed by atoms with van der Waals surface area (Å²) in [4.78, 5) is 43.0. The maximum atomic E-state index is 13.5. The molecule has 1 atom stereocenters. The zero-order chi connectivity index (χ0) is 27.8. The van der Waals surface area contributed by atoms with Gasteiger partial charge in [-0.05, 0) is 65.5 Å². The molecule has 1 unspecified atom stereocenters. The molecule has 3 N–H and O–H groups in total. The van der Waals surface area contributed by atoms with Crippen LogP contribution >= 0.6 is 0 Å². The fraction of sp³-hybridized carbons (Fsp3) is 0.483. The van der Waals surface area contributed by atoms with Crippen LogP contribution in [0.25, 0.3) is 10.9 Å². The lowest BCUT2D eigenvalue weighted by atomic mass is 9.89. The Hall–Kier alpha value is -3.59. The Kier molecular flexibility index (Phi) is 7.69. The number of carbonyl (C=O) groups excluding carboxylic acids is 2. The van der Waals surface area contributed by atoms with Crippen molar-refractivity contribution in [2.75, 3.05) is 20.2 Å². The number of likely N-dealkylation sites (tertiary alicyclic amines) is 1. The van der Waals surface area contributed by atoms with Crippen LogP contribution in [0.15, 0.2) is 35.1 Å². The van der Waals surface area contributed by atoms with Gasteiger partial charge in [0.15, 0.2) is 0 Å². The number of methoxy groups -OCH3 is 1. The van der Waals surface area contributed by atoms with Crippen LogP contribution in [0.5, 0.6) is 5.75 Å². The predicted octanol–water partition coefficient (Wildman–Crippen LogP) is 3.46. The van der Waals surface area contributed by atoms with Crippen molar-refractivity contribution in [3.05, 3.63) is 63.2 Å². The smallest absolute Gasteiger partial charge is 0.256 e. The quantitative estimate of drug-likeness (QED) is 0.440. The Balaban J connectivity index is 1.58. The number of fused-ring (bicyclic) bond motifs is 1. The van der Waals surface area contributed by atoms with Gasteiger partial charge in [-0.1, -0.05) is 18.2 Å². The molecule has 0 bridgehead atoms. The summed E-state index contributed by atoms with van der Waals surface area (Å²) in [5, 5.41) is 13.9. The predicted molar refractivity (Wildman–Crippen MR) is 147 cm³/mol. The fourth-order valence-corrected chi connectivity index (χ4v) is 5.68. The highest BCUT2D eigenvalue weighted by molar-refractivity contribution is 6.08. The van der Waals surface area contributed by atoms with Gasteiger partial charge < -0.3 is 29.6 Å². The van der Waals surface area contributed by atoms with Crippen LogP contribution in [0, 0.1) is 19.8 Å². The van der Waals surface area contributed by atoms with E-state index in [1.807, 2.05) is 31.2 Å². The van der Waals surface area contributed by atoms with Crippen molar-refractivity contribution >= 4 is 22.7 Å². The lowest BCUT2D eigenvalue weighted by Gasteiger charge is -2.38. The highest BCUT2D eigenvalue weighted by Gasteiger charge is 2.34. The summed E-state index contributed by atoms with van der Waals surface area (Å²) in [6.45, 7) is 10.2. The van der Waals surface area contributed by atoms with E-state index in [-0.39, 0.29) is 30.0 Å². The summed E-state index contributed by atoms with van der Waals surface area (Å²) >= 11 is 0. The largest absolute Gasteiger partial charge is 0.496 e. The number of aryl methyl sites for hydroxylation is 1. The van der Waals surface area contributed by atoms with Crippen molar-refractivity contribution in [3.63, 3.8) is 0 Å². The fourth-order valence-electron chi connectivity index (χ4n) is 5.68. The zero-order valence-electron chi connectivity index (χ0n) is 23.1. The van der Waals surface area contributed by atoms with Crippen molar-refractivity contribution in [2.45, 2.75) is 65.6 Å². The zero-order valence-corrected chi connectivity index (χ0v) is 23.1. The number of aliphatic hydroxyl groups is 1. The molecule has 204 valence electrons. The number of rotatable bonds is 7. The standard InChI is InChI=1S/C29H38N4O5/c1-17-15-24(38-6)22(26(34)31-17)16-30-27(35)25-19(3)33(23-10-8-7-9-21(23)25)18(2)20-11-13-32(14-12-20)28(36)29(4,5)37/h7-10,15,18,20,37H,11-14,16H2,1-6H3,(H,30,35)(H,31,34). The van der Waals surface area contributed by atoms with Gasteiger partial charge in [-0.25, -0.2) is 0 Å². The summed E-state index contributed by atoms with van der Waals surface area (Å²) in [5.74, 6) is 0.252. The first-order valence-electron chi connectivity index (χ1n) is 13.1. The molecule has 1 aliphatic rings. The van der Waals surface area contributed by atoms with Crippen LogP contribution in [0.1, 0.15) is 67.0 Å². The molecule has 38 heavy (non-hydrogen) atoms. The number of amides is 2. The maximum absolute atomic E-state index is 13.5. The summed E-state index contributed by atoms with van der Waals surface area (Å²) in [5.41, 5.74) is 1.81. The van der Waals surface area contributed by atoms with Gasteiger partial charge in [0, 0.05) is 41.4 Å². The molecule has 0 spiro atoms. The van der Waals surface area contributed by atoms with E-state index in [9.17, 15) is 19.5 Å². The molecule has 0 aliphatic carbocycles. The normalized spacial score (nSPS) is 15.5. The van der Waals surface area contributed by atoms with Crippen LogP contribution in [0.2, 0.25) is 0 Å². The first-order chi connectivity index (χ1) is 17.9. The third-order valence-corrected chi connectivity index (χ3v) is 7.70. The minimum Gasteiger partial charge on any atom is -0.496 e. The van der Waals surface area contributed by atoms with Crippen LogP contribution in [0.4, 0.5) is 0 Å². The lowest BCUT2D eigenvalue weighted by Crippen LogP contribution is -2.49. The second-order valence-electron chi connectivity index (χ2n) is 10.8. The van der Waals surface area contributed by atoms with E-state index in [0.717, 1.165) is 29.4 Å². The van der Waals surface area contributed by atoms with Gasteiger partial charge in [0.05, 0.1) is 24.8 Å². The van der Waals surface area contributed by atoms with Crippen LogP contribution in [0.3, 0.4) is 0 Å². The molecule has 3 heterocycles. The van der Waals surface area contributed by atoms with Gasteiger partial charge in [-0.15, -0.1) is 0 Å². The summed E-state index contributed by atoms with van der Waals surface area (Å²) in [6.07, 6.45) is 1.62. The molecule has 1 aliphatic heterocycles. The third kappa shape index (κ3) is 5.20. The van der Waals surface area contributed by atoms with E-state index < -0.39 is 5.60 Å². The number of aromatic amines is 1. The number of piperidine rings is 1. The Labute approximate surface area is 222 Å². The first kappa shape index (κ1) is 27.4. The molecule has 9 heteroatoms. The van der Waals surface area contributed by atoms with Gasteiger partial charge in [0.2, 0.25) is 0 Å². The van der Waals surface area contributed by atoms with Gasteiger partial charge in [0.25, 0.3) is 17.4 Å². The van der Waals surface area contributed by atoms with Crippen molar-refractivity contribution < 1.29 is 19.4 Å². The maximum Gasteiger partial charge on any atom is 0.256 e. The second-order valence-corrected chi connectivity index (χ2v) is 10.8. The molecular weight excluding hydrogens is 484 g/mol. The molecule has 0 radical (unpaired) electrons. The molecule has 2 amide bonds. The van der Waals surface area contributed by atoms with Gasteiger partial charge in [-0.3, -0.25) is 14.4 Å². The Morgan fingerprint density at radius 3 is 2.50 bits per heavy atom. The number of aromatic nitrogens is 2. The molecule has 1 aromatic carbocycles. The van der Waals surface area contributed by atoms with Crippen molar-refractivity contribution in [2.24, 2.45) is 5.92 Å². The number of benzene rings is 1. The number of nitrogens with zero attached hydrogens (tertiary/aromatic N) is 2. The number of pyridine rings is 1. The van der Waals surface area contributed by atoms with E-state index in [1.165, 1.54) is 21.0 Å². The van der Waals surface area contributed by atoms with E-state index in [2.05, 4.69) is 21.8 Å². The minimum absolute atomic E-state index is 0.0415. The SMILES string of the molecule is COc1cc(C)[nH]c(=O)c1CNC(=O)c1c(C)n(C(C)C2CCN(C(=O)C(C)(C)O)CC2)c2ccccc12. The molecule has 9 nitrogen and oxygen atoms in total. The van der Waals surface area contributed by atoms with Crippen LogP contribution in [-0.4, -0.2) is 57.2 Å². The van der Waals surface area contributed by atoms with E-state index in [0.29, 0.717) is 41.6 Å². The summed E-state index contributed by atoms with van der Waals surface area (Å²) in [6, 6.07) is 9.69.